The van der Waals surface area contributed by atoms with E-state index in [-0.39, 0.29) is 13.4 Å². The molecule has 0 atom stereocenters. The summed E-state index contributed by atoms with van der Waals surface area (Å²) in [7, 11) is 0. The minimum Gasteiger partial charge on any atom is -0.365 e. The fourth-order valence-electron chi connectivity index (χ4n) is 17.9. The lowest BCUT2D eigenvalue weighted by Gasteiger charge is -2.48. The highest BCUT2D eigenvalue weighted by atomic mass is 15.2. The van der Waals surface area contributed by atoms with Crippen molar-refractivity contribution < 1.29 is 0 Å². The molecule has 470 valence electrons. The van der Waals surface area contributed by atoms with Gasteiger partial charge in [-0.1, -0.05) is 245 Å². The van der Waals surface area contributed by atoms with Gasteiger partial charge in [0.15, 0.2) is 0 Å². The van der Waals surface area contributed by atoms with E-state index in [2.05, 4.69) is 345 Å². The molecule has 6 nitrogen and oxygen atoms in total. The van der Waals surface area contributed by atoms with Crippen LogP contribution in [0.25, 0.3) is 22.3 Å². The summed E-state index contributed by atoms with van der Waals surface area (Å²) in [6.45, 7) is -0.254. The summed E-state index contributed by atoms with van der Waals surface area (Å²) in [5.41, 5.74) is 31.2. The largest absolute Gasteiger partial charge is 0.365 e. The molecule has 4 aliphatic heterocycles. The van der Waals surface area contributed by atoms with Crippen LogP contribution in [0.4, 0.5) is 91.0 Å². The van der Waals surface area contributed by atoms with Crippen LogP contribution >= 0.6 is 0 Å². The van der Waals surface area contributed by atoms with Crippen LogP contribution in [0.15, 0.2) is 315 Å². The fourth-order valence-corrected chi connectivity index (χ4v) is 17.9. The Morgan fingerprint density at radius 3 is 1.06 bits per heavy atom. The van der Waals surface area contributed by atoms with Gasteiger partial charge in [-0.25, -0.2) is 0 Å². The average Bonchev–Trinajstić information content (AvgIpc) is 0.685. The van der Waals surface area contributed by atoms with Gasteiger partial charge in [0.1, 0.15) is 0 Å². The van der Waals surface area contributed by atoms with Gasteiger partial charge in [-0.15, -0.1) is 0 Å². The second-order valence-corrected chi connectivity index (χ2v) is 27.6. The topological polar surface area (TPSA) is 19.4 Å². The van der Waals surface area contributed by atoms with Crippen LogP contribution in [-0.2, 0) is 0 Å². The van der Waals surface area contributed by atoms with Gasteiger partial charge >= 0.3 is 0 Å². The second kappa shape index (κ2) is 24.5. The molecule has 0 saturated heterocycles. The van der Waals surface area contributed by atoms with Crippen molar-refractivity contribution >= 4 is 137 Å². The lowest BCUT2D eigenvalue weighted by atomic mass is 9.30. The molecule has 0 N–H and O–H groups in total. The highest BCUT2D eigenvalue weighted by Crippen LogP contribution is 2.53. The highest BCUT2D eigenvalue weighted by molar-refractivity contribution is 7.03. The number of benzene rings is 13. The predicted molar refractivity (Wildman–Crippen MR) is 416 cm³/mol. The molecular weight excluding hydrogens is 1190 g/mol. The monoisotopic (exact) mass is 1260 g/mol. The SMILES string of the molecule is c1ccc(-c2ccc(N(c3cc4c5c(c3)N(c3ccccc3)c3cc6c(cc3B5c3ccccc3N4c3ccccc3)B3c4ccccc4N(c4ccccc4)c4cc(N(C5CCCCC5)C5CCCCC5)cc(c43)N6c3ccccc3)c3ccccc3-c3ccccc3)cc2)cc1. The van der Waals surface area contributed by atoms with E-state index in [0.29, 0.717) is 12.1 Å². The molecule has 0 aromatic heterocycles. The summed E-state index contributed by atoms with van der Waals surface area (Å²) in [5.74, 6) is 0. The molecule has 0 radical (unpaired) electrons. The molecule has 4 heterocycles. The van der Waals surface area contributed by atoms with Gasteiger partial charge in [-0.05, 0) is 184 Å². The molecule has 0 spiro atoms. The van der Waals surface area contributed by atoms with Crippen LogP contribution < -0.4 is 62.2 Å². The maximum Gasteiger partial charge on any atom is 0.252 e. The van der Waals surface area contributed by atoms with E-state index in [1.165, 1.54) is 154 Å². The number of nitrogens with zero attached hydrogens (tertiary/aromatic N) is 6. The Kier molecular flexibility index (Phi) is 14.5. The molecule has 98 heavy (non-hydrogen) atoms. The van der Waals surface area contributed by atoms with Crippen molar-refractivity contribution in [3.63, 3.8) is 0 Å². The molecule has 13 aromatic rings. The molecule has 8 heteroatoms. The molecule has 2 fully saturated rings. The van der Waals surface area contributed by atoms with E-state index in [4.69, 9.17) is 0 Å². The molecule has 2 aliphatic carbocycles. The third-order valence-electron chi connectivity index (χ3n) is 22.1. The average molecular weight is 1260 g/mol. The van der Waals surface area contributed by atoms with E-state index in [1.807, 2.05) is 0 Å². The van der Waals surface area contributed by atoms with Gasteiger partial charge in [0.25, 0.3) is 13.4 Å². The summed E-state index contributed by atoms with van der Waals surface area (Å²) in [6.07, 6.45) is 12.7. The summed E-state index contributed by atoms with van der Waals surface area (Å²) in [5, 5.41) is 0. The molecule has 13 aromatic carbocycles. The Labute approximate surface area is 577 Å². The smallest absolute Gasteiger partial charge is 0.252 e. The summed E-state index contributed by atoms with van der Waals surface area (Å²) >= 11 is 0. The number of hydrogen-bond acceptors (Lipinski definition) is 6. The zero-order valence-corrected chi connectivity index (χ0v) is 55.1. The number of anilines is 16. The van der Waals surface area contributed by atoms with Crippen molar-refractivity contribution in [2.24, 2.45) is 0 Å². The van der Waals surface area contributed by atoms with Crippen molar-refractivity contribution in [3.05, 3.63) is 315 Å². The quantitative estimate of drug-likeness (QED) is 0.113. The Morgan fingerprint density at radius 1 is 0.255 bits per heavy atom. The molecule has 0 unspecified atom stereocenters. The summed E-state index contributed by atoms with van der Waals surface area (Å²) < 4.78 is 0. The van der Waals surface area contributed by atoms with Crippen LogP contribution in [0.2, 0.25) is 0 Å². The van der Waals surface area contributed by atoms with Gasteiger partial charge in [0, 0.05) is 97.3 Å². The Bertz CT molecular complexity index is 5080. The number of fused-ring (bicyclic) bond motifs is 8. The van der Waals surface area contributed by atoms with Crippen molar-refractivity contribution in [3.8, 4) is 22.3 Å². The predicted octanol–water partition coefficient (Wildman–Crippen LogP) is 20.1. The van der Waals surface area contributed by atoms with Gasteiger partial charge < -0.3 is 29.4 Å². The number of para-hydroxylation sites is 7. The minimum atomic E-state index is -0.159. The van der Waals surface area contributed by atoms with E-state index in [0.717, 1.165) is 56.6 Å². The Morgan fingerprint density at radius 2 is 0.612 bits per heavy atom. The first kappa shape index (κ1) is 58.2. The highest BCUT2D eigenvalue weighted by Gasteiger charge is 2.49. The Hall–Kier alpha value is -11.2. The maximum absolute atomic E-state index is 2.97. The summed E-state index contributed by atoms with van der Waals surface area (Å²) in [6, 6.07) is 120. The lowest BCUT2D eigenvalue weighted by Crippen LogP contribution is -2.65. The third kappa shape index (κ3) is 9.70. The van der Waals surface area contributed by atoms with Crippen LogP contribution in [0.5, 0.6) is 0 Å². The van der Waals surface area contributed by atoms with Gasteiger partial charge in [-0.3, -0.25) is 0 Å². The maximum atomic E-state index is 2.97. The van der Waals surface area contributed by atoms with Crippen molar-refractivity contribution in [1.82, 2.24) is 0 Å². The zero-order valence-electron chi connectivity index (χ0n) is 55.1. The van der Waals surface area contributed by atoms with E-state index in [9.17, 15) is 0 Å². The van der Waals surface area contributed by atoms with E-state index < -0.39 is 0 Å². The van der Waals surface area contributed by atoms with Gasteiger partial charge in [-0.2, -0.15) is 0 Å². The zero-order chi connectivity index (χ0) is 64.6. The van der Waals surface area contributed by atoms with Crippen LogP contribution in [0, 0.1) is 0 Å². The molecule has 19 rings (SSSR count). The first-order valence-corrected chi connectivity index (χ1v) is 35.7. The van der Waals surface area contributed by atoms with Crippen molar-refractivity contribution in [2.75, 3.05) is 29.4 Å². The number of hydrogen-bond donors (Lipinski definition) is 0. The van der Waals surface area contributed by atoms with Crippen LogP contribution in [0.1, 0.15) is 64.2 Å². The van der Waals surface area contributed by atoms with E-state index >= 15 is 0 Å². The van der Waals surface area contributed by atoms with Crippen LogP contribution in [0.3, 0.4) is 0 Å². The first-order valence-electron chi connectivity index (χ1n) is 35.7. The third-order valence-corrected chi connectivity index (χ3v) is 22.1. The molecule has 0 bridgehead atoms. The fraction of sp³-hybridized carbons (Fsp3) is 0.133. The summed E-state index contributed by atoms with van der Waals surface area (Å²) in [4.78, 5) is 16.0. The van der Waals surface area contributed by atoms with Crippen molar-refractivity contribution in [1.29, 1.82) is 0 Å². The van der Waals surface area contributed by atoms with Crippen molar-refractivity contribution in [2.45, 2.75) is 76.3 Å². The second-order valence-electron chi connectivity index (χ2n) is 27.6. The minimum absolute atomic E-state index is 0.0946. The number of rotatable bonds is 12. The Balaban J connectivity index is 0.907. The molecule has 0 amide bonds. The lowest BCUT2D eigenvalue weighted by molar-refractivity contribution is 0.340. The first-order chi connectivity index (χ1) is 48.7. The van der Waals surface area contributed by atoms with E-state index in [1.54, 1.807) is 0 Å². The van der Waals surface area contributed by atoms with Gasteiger partial charge in [0.05, 0.1) is 11.4 Å². The van der Waals surface area contributed by atoms with Gasteiger partial charge in [0.2, 0.25) is 0 Å². The molecule has 6 aliphatic rings. The van der Waals surface area contributed by atoms with Crippen LogP contribution in [-0.4, -0.2) is 25.5 Å². The standard InChI is InChI=1S/C90H74B2N6/c1-9-31-63(32-10-1)64-53-55-72(56-54-64)94(80-50-28-25-47-75(80)65-33-11-2-12-34-65)74-59-86-90-88(60-74)98(71-45-23-8-24-46-71)84-62-83-78(61-79(84)92(90)77-49-27-30-52-82(77)96(86)69-41-19-6-20-42-69)91-76-48-26-29-51-81(76)95(68-39-17-5-18-40-68)85-57-73(58-87(89(85)91)97(83)70-43-21-7-22-44-70)93(66-35-13-3-14-36-66)67-37-15-4-16-38-67/h1-2,5-12,17-34,39-62,66-67H,3-4,13-16,35-38H2. The molecule has 2 saturated carbocycles. The molecular formula is C90H74B2N6. The normalized spacial score (nSPS) is 15.1.